The Balaban J connectivity index is 2.01. The van der Waals surface area contributed by atoms with Gasteiger partial charge in [0.15, 0.2) is 0 Å². The first-order chi connectivity index (χ1) is 20.0. The number of carbonyl (C=O) groups excluding carboxylic acids is 1. The first-order valence-electron chi connectivity index (χ1n) is 15.9. The molecule has 12 nitrogen and oxygen atoms in total. The molecule has 0 aromatic carbocycles. The molecular formula is C29H57O12P. The summed E-state index contributed by atoms with van der Waals surface area (Å²) in [5.74, 6) is -0.506. The molecule has 0 amide bonds. The van der Waals surface area contributed by atoms with E-state index in [4.69, 9.17) is 4.74 Å². The quantitative estimate of drug-likeness (QED) is 0.0442. The Labute approximate surface area is 251 Å². The van der Waals surface area contributed by atoms with Gasteiger partial charge in [-0.05, 0) is 6.42 Å². The average Bonchev–Trinajstić information content (AvgIpc) is 2.96. The summed E-state index contributed by atoms with van der Waals surface area (Å²) in [6.45, 7) is 1.00. The monoisotopic (exact) mass is 628 g/mol. The Hall–Kier alpha value is -0.660. The summed E-state index contributed by atoms with van der Waals surface area (Å²) in [5, 5.41) is 58.6. The summed E-state index contributed by atoms with van der Waals surface area (Å²) in [4.78, 5) is 21.7. The van der Waals surface area contributed by atoms with Gasteiger partial charge in [-0.25, -0.2) is 4.57 Å². The fourth-order valence-corrected chi connectivity index (χ4v) is 5.97. The molecule has 250 valence electrons. The number of hydrogen-bond donors (Lipinski definition) is 7. The number of unbranched alkanes of at least 4 members (excludes halogenated alkanes) is 16. The van der Waals surface area contributed by atoms with Crippen LogP contribution in [0, 0.1) is 0 Å². The van der Waals surface area contributed by atoms with Crippen LogP contribution in [0.4, 0.5) is 0 Å². The summed E-state index contributed by atoms with van der Waals surface area (Å²) in [6.07, 6.45) is 8.08. The van der Waals surface area contributed by atoms with Crippen molar-refractivity contribution in [2.75, 3.05) is 13.2 Å². The standard InChI is InChI=1S/C29H57O12P/c1-2-3-4-5-6-7-8-9-10-11-12-13-14-15-16-17-18-19-23(31)39-20-22(30)21-40-42(37,38)41-29-27(35)25(33)24(32)26(34)28(29)36/h22,24-30,32-36H,2-21H2,1H3,(H,37,38)/t22-,24?,25-,26?,27?,28?,29?/m1/s1. The molecule has 1 saturated carbocycles. The first kappa shape index (κ1) is 39.4. The summed E-state index contributed by atoms with van der Waals surface area (Å²) in [6, 6.07) is 0. The average molecular weight is 629 g/mol. The number of esters is 1. The largest absolute Gasteiger partial charge is 0.472 e. The zero-order chi connectivity index (χ0) is 31.4. The Morgan fingerprint density at radius 1 is 0.643 bits per heavy atom. The maximum absolute atomic E-state index is 12.1. The van der Waals surface area contributed by atoms with Crippen LogP contribution in [-0.2, 0) is 23.1 Å². The molecule has 6 unspecified atom stereocenters. The number of phosphoric ester groups is 1. The Morgan fingerprint density at radius 3 is 1.45 bits per heavy atom. The van der Waals surface area contributed by atoms with Crippen LogP contribution in [0.3, 0.4) is 0 Å². The third kappa shape index (κ3) is 17.0. The van der Waals surface area contributed by atoms with Gasteiger partial charge in [-0.2, -0.15) is 0 Å². The number of hydrogen-bond acceptors (Lipinski definition) is 11. The van der Waals surface area contributed by atoms with Crippen molar-refractivity contribution >= 4 is 13.8 Å². The number of aliphatic hydroxyl groups is 6. The van der Waals surface area contributed by atoms with Gasteiger partial charge in [0, 0.05) is 6.42 Å². The molecule has 1 aliphatic carbocycles. The van der Waals surface area contributed by atoms with E-state index < -0.39 is 69.7 Å². The molecule has 0 spiro atoms. The second kappa shape index (κ2) is 22.8. The van der Waals surface area contributed by atoms with Gasteiger partial charge in [-0.15, -0.1) is 0 Å². The third-order valence-electron chi connectivity index (χ3n) is 7.68. The molecule has 8 atom stereocenters. The van der Waals surface area contributed by atoms with Crippen LogP contribution >= 0.6 is 7.82 Å². The summed E-state index contributed by atoms with van der Waals surface area (Å²) >= 11 is 0. The molecule has 0 bridgehead atoms. The predicted molar refractivity (Wildman–Crippen MR) is 156 cm³/mol. The van der Waals surface area contributed by atoms with E-state index in [-0.39, 0.29) is 6.42 Å². The molecule has 0 heterocycles. The SMILES string of the molecule is CCCCCCCCCCCCCCCCCCCC(=O)OC[C@@H](O)COP(=O)(O)OC1C(O)C(O)C(O)[C@@H](O)C1O. The summed E-state index contributed by atoms with van der Waals surface area (Å²) < 4.78 is 26.4. The molecule has 42 heavy (non-hydrogen) atoms. The van der Waals surface area contributed by atoms with Crippen LogP contribution in [0.25, 0.3) is 0 Å². The van der Waals surface area contributed by atoms with Crippen molar-refractivity contribution in [3.63, 3.8) is 0 Å². The Kier molecular flexibility index (Phi) is 21.4. The lowest BCUT2D eigenvalue weighted by atomic mass is 9.85. The van der Waals surface area contributed by atoms with Gasteiger partial charge in [0.1, 0.15) is 49.3 Å². The zero-order valence-corrected chi connectivity index (χ0v) is 26.2. The normalized spacial score (nSPS) is 26.6. The molecule has 1 aliphatic rings. The predicted octanol–water partition coefficient (Wildman–Crippen LogP) is 3.25. The van der Waals surface area contributed by atoms with Crippen LogP contribution < -0.4 is 0 Å². The molecule has 13 heteroatoms. The molecular weight excluding hydrogens is 571 g/mol. The Morgan fingerprint density at radius 2 is 1.02 bits per heavy atom. The highest BCUT2D eigenvalue weighted by Crippen LogP contribution is 2.47. The topological polar surface area (TPSA) is 203 Å². The fourth-order valence-electron chi connectivity index (χ4n) is 4.99. The highest BCUT2D eigenvalue weighted by atomic mass is 31.2. The van der Waals surface area contributed by atoms with E-state index in [1.807, 2.05) is 0 Å². The molecule has 1 rings (SSSR count). The number of phosphoric acid groups is 1. The van der Waals surface area contributed by atoms with Gasteiger partial charge in [-0.3, -0.25) is 13.8 Å². The second-order valence-corrected chi connectivity index (χ2v) is 12.9. The second-order valence-electron chi connectivity index (χ2n) is 11.5. The van der Waals surface area contributed by atoms with Gasteiger partial charge in [0.2, 0.25) is 0 Å². The molecule has 0 aromatic rings. The van der Waals surface area contributed by atoms with E-state index in [0.29, 0.717) is 6.42 Å². The number of carbonyl (C=O) groups is 1. The lowest BCUT2D eigenvalue weighted by Gasteiger charge is -2.41. The van der Waals surface area contributed by atoms with E-state index >= 15 is 0 Å². The first-order valence-corrected chi connectivity index (χ1v) is 17.4. The van der Waals surface area contributed by atoms with Crippen LogP contribution in [0.1, 0.15) is 122 Å². The molecule has 0 aliphatic heterocycles. The molecule has 0 aromatic heterocycles. The third-order valence-corrected chi connectivity index (χ3v) is 8.66. The van der Waals surface area contributed by atoms with Gasteiger partial charge in [0.05, 0.1) is 6.61 Å². The van der Waals surface area contributed by atoms with Gasteiger partial charge < -0.3 is 40.3 Å². The summed E-state index contributed by atoms with van der Waals surface area (Å²) in [7, 11) is -4.98. The van der Waals surface area contributed by atoms with Crippen molar-refractivity contribution < 1.29 is 58.7 Å². The summed E-state index contributed by atoms with van der Waals surface area (Å²) in [5.41, 5.74) is 0. The maximum Gasteiger partial charge on any atom is 0.472 e. The van der Waals surface area contributed by atoms with E-state index in [1.54, 1.807) is 0 Å². The highest BCUT2D eigenvalue weighted by molar-refractivity contribution is 7.47. The Bertz CT molecular complexity index is 725. The van der Waals surface area contributed by atoms with Crippen molar-refractivity contribution in [3.05, 3.63) is 0 Å². The van der Waals surface area contributed by atoms with Crippen molar-refractivity contribution in [2.24, 2.45) is 0 Å². The number of aliphatic hydroxyl groups excluding tert-OH is 6. The minimum Gasteiger partial charge on any atom is -0.463 e. The minimum absolute atomic E-state index is 0.196. The van der Waals surface area contributed by atoms with Crippen LogP contribution in [0.5, 0.6) is 0 Å². The lowest BCUT2D eigenvalue weighted by molar-refractivity contribution is -0.220. The van der Waals surface area contributed by atoms with Crippen molar-refractivity contribution in [1.29, 1.82) is 0 Å². The lowest BCUT2D eigenvalue weighted by Crippen LogP contribution is -2.64. The van der Waals surface area contributed by atoms with Gasteiger partial charge >= 0.3 is 13.8 Å². The van der Waals surface area contributed by atoms with Crippen LogP contribution in [0.2, 0.25) is 0 Å². The molecule has 0 saturated heterocycles. The van der Waals surface area contributed by atoms with E-state index in [1.165, 1.54) is 83.5 Å². The minimum atomic E-state index is -4.98. The molecule has 0 radical (unpaired) electrons. The smallest absolute Gasteiger partial charge is 0.463 e. The highest BCUT2D eigenvalue weighted by Gasteiger charge is 2.51. The molecule has 7 N–H and O–H groups in total. The van der Waals surface area contributed by atoms with E-state index in [9.17, 15) is 44.9 Å². The number of rotatable bonds is 25. The van der Waals surface area contributed by atoms with Crippen molar-refractivity contribution in [2.45, 2.75) is 165 Å². The van der Waals surface area contributed by atoms with Crippen molar-refractivity contribution in [1.82, 2.24) is 0 Å². The maximum atomic E-state index is 12.1. The van der Waals surface area contributed by atoms with E-state index in [2.05, 4.69) is 16.0 Å². The number of ether oxygens (including phenoxy) is 1. The van der Waals surface area contributed by atoms with Gasteiger partial charge in [0.25, 0.3) is 0 Å². The molecule has 1 fully saturated rings. The zero-order valence-electron chi connectivity index (χ0n) is 25.3. The van der Waals surface area contributed by atoms with Crippen molar-refractivity contribution in [3.8, 4) is 0 Å². The fraction of sp³-hybridized carbons (Fsp3) is 0.966. The van der Waals surface area contributed by atoms with Gasteiger partial charge in [-0.1, -0.05) is 110 Å². The van der Waals surface area contributed by atoms with Crippen LogP contribution in [0.15, 0.2) is 0 Å². The van der Waals surface area contributed by atoms with Crippen LogP contribution in [-0.4, -0.2) is 97.4 Å². The van der Waals surface area contributed by atoms with E-state index in [0.717, 1.165) is 19.3 Å².